The Morgan fingerprint density at radius 1 is 1.00 bits per heavy atom. The van der Waals surface area contributed by atoms with E-state index in [0.717, 1.165) is 0 Å². The van der Waals surface area contributed by atoms with Gasteiger partial charge in [0.05, 0.1) is 16.8 Å². The van der Waals surface area contributed by atoms with Crippen molar-refractivity contribution in [2.75, 3.05) is 10.6 Å². The first-order valence-corrected chi connectivity index (χ1v) is 8.07. The van der Waals surface area contributed by atoms with E-state index >= 15 is 0 Å². The fourth-order valence-corrected chi connectivity index (χ4v) is 2.58. The molecule has 3 rings (SSSR count). The Morgan fingerprint density at radius 2 is 1.59 bits per heavy atom. The van der Waals surface area contributed by atoms with Crippen LogP contribution in [0.3, 0.4) is 0 Å². The highest BCUT2D eigenvalue weighted by molar-refractivity contribution is 6.05. The van der Waals surface area contributed by atoms with Gasteiger partial charge in [0, 0.05) is 11.3 Å². The van der Waals surface area contributed by atoms with Crippen LogP contribution in [-0.4, -0.2) is 17.9 Å². The second-order valence-electron chi connectivity index (χ2n) is 6.21. The Labute approximate surface area is 159 Å². The van der Waals surface area contributed by atoms with Gasteiger partial charge in [0.15, 0.2) is 6.10 Å². The summed E-state index contributed by atoms with van der Waals surface area (Å²) in [4.78, 5) is 23.9. The molecule has 0 aliphatic carbocycles. The summed E-state index contributed by atoms with van der Waals surface area (Å²) >= 11 is 0. The smallest absolute Gasteiger partial charge is 0.416 e. The molecule has 2 amide bonds. The van der Waals surface area contributed by atoms with E-state index in [1.54, 1.807) is 0 Å². The molecule has 0 fully saturated rings. The molecule has 1 heterocycles. The highest BCUT2D eigenvalue weighted by atomic mass is 19.4. The van der Waals surface area contributed by atoms with Gasteiger partial charge in [-0.1, -0.05) is 0 Å². The molecule has 1 atom stereocenters. The van der Waals surface area contributed by atoms with E-state index in [1.807, 2.05) is 0 Å². The molecule has 29 heavy (non-hydrogen) atoms. The van der Waals surface area contributed by atoms with Crippen LogP contribution in [0.4, 0.5) is 37.7 Å². The van der Waals surface area contributed by atoms with Crippen molar-refractivity contribution < 1.29 is 40.7 Å². The third-order valence-electron chi connectivity index (χ3n) is 4.02. The average Bonchev–Trinajstić information content (AvgIpc) is 2.61. The number of amides is 2. The summed E-state index contributed by atoms with van der Waals surface area (Å²) in [6, 6.07) is 4.59. The number of hydrogen-bond donors (Lipinski definition) is 2. The predicted octanol–water partition coefficient (Wildman–Crippen LogP) is 4.70. The van der Waals surface area contributed by atoms with Crippen molar-refractivity contribution in [2.24, 2.45) is 0 Å². The first-order valence-electron chi connectivity index (χ1n) is 8.07. The lowest BCUT2D eigenvalue weighted by molar-refractivity contribution is -0.143. The fraction of sp³-hybridized carbons (Fsp3) is 0.222. The number of anilines is 2. The minimum atomic E-state index is -5.07. The summed E-state index contributed by atoms with van der Waals surface area (Å²) < 4.78 is 82.9. The second kappa shape index (κ2) is 6.98. The molecule has 0 saturated heterocycles. The van der Waals surface area contributed by atoms with Crippen molar-refractivity contribution in [1.82, 2.24) is 0 Å². The first kappa shape index (κ1) is 20.5. The lowest BCUT2D eigenvalue weighted by Gasteiger charge is -2.23. The molecule has 0 bridgehead atoms. The minimum absolute atomic E-state index is 0.0400. The van der Waals surface area contributed by atoms with Gasteiger partial charge < -0.3 is 15.4 Å². The Hall–Kier alpha value is -3.24. The largest absolute Gasteiger partial charge is 0.479 e. The zero-order valence-corrected chi connectivity index (χ0v) is 14.5. The fourth-order valence-electron chi connectivity index (χ4n) is 2.58. The molecule has 0 saturated carbocycles. The number of benzene rings is 2. The summed E-state index contributed by atoms with van der Waals surface area (Å²) in [6.07, 6.45) is -10.9. The van der Waals surface area contributed by atoms with Gasteiger partial charge in [0.1, 0.15) is 5.75 Å². The average molecular weight is 418 g/mol. The molecular weight excluding hydrogens is 406 g/mol. The van der Waals surface area contributed by atoms with E-state index < -0.39 is 47.0 Å². The minimum Gasteiger partial charge on any atom is -0.479 e. The van der Waals surface area contributed by atoms with Gasteiger partial charge in [-0.05, 0) is 43.3 Å². The molecule has 2 aromatic carbocycles. The summed E-state index contributed by atoms with van der Waals surface area (Å²) in [5.74, 6) is -1.33. The van der Waals surface area contributed by atoms with Gasteiger partial charge in [-0.15, -0.1) is 0 Å². The van der Waals surface area contributed by atoms with Crippen molar-refractivity contribution in [3.05, 3.63) is 53.1 Å². The zero-order chi connectivity index (χ0) is 21.6. The van der Waals surface area contributed by atoms with Gasteiger partial charge >= 0.3 is 12.4 Å². The van der Waals surface area contributed by atoms with Crippen LogP contribution in [0.1, 0.15) is 28.4 Å². The molecule has 5 nitrogen and oxygen atoms in total. The van der Waals surface area contributed by atoms with Gasteiger partial charge in [0.2, 0.25) is 0 Å². The Morgan fingerprint density at radius 3 is 2.14 bits per heavy atom. The van der Waals surface area contributed by atoms with Crippen LogP contribution in [0.15, 0.2) is 36.4 Å². The molecule has 11 heteroatoms. The van der Waals surface area contributed by atoms with Crippen molar-refractivity contribution in [3.63, 3.8) is 0 Å². The quantitative estimate of drug-likeness (QED) is 0.695. The lowest BCUT2D eigenvalue weighted by Crippen LogP contribution is -2.34. The molecule has 2 aromatic rings. The van der Waals surface area contributed by atoms with E-state index in [4.69, 9.17) is 4.74 Å². The van der Waals surface area contributed by atoms with E-state index in [1.165, 1.54) is 25.1 Å². The van der Waals surface area contributed by atoms with Crippen molar-refractivity contribution in [1.29, 1.82) is 0 Å². The molecule has 1 aliphatic heterocycles. The van der Waals surface area contributed by atoms with Crippen LogP contribution in [0.2, 0.25) is 0 Å². The number of carbonyl (C=O) groups is 2. The highest BCUT2D eigenvalue weighted by Gasteiger charge is 2.37. The van der Waals surface area contributed by atoms with Gasteiger partial charge in [-0.3, -0.25) is 9.59 Å². The normalized spacial score (nSPS) is 16.5. The van der Waals surface area contributed by atoms with Gasteiger partial charge in [0.25, 0.3) is 11.8 Å². The molecule has 2 N–H and O–H groups in total. The van der Waals surface area contributed by atoms with Gasteiger partial charge in [-0.25, -0.2) is 0 Å². The summed E-state index contributed by atoms with van der Waals surface area (Å²) in [6.45, 7) is 1.51. The highest BCUT2D eigenvalue weighted by Crippen LogP contribution is 2.37. The maximum Gasteiger partial charge on any atom is 0.416 e. The van der Waals surface area contributed by atoms with Crippen LogP contribution in [0.5, 0.6) is 5.75 Å². The second-order valence-corrected chi connectivity index (χ2v) is 6.21. The molecule has 0 radical (unpaired) electrons. The van der Waals surface area contributed by atoms with Crippen LogP contribution < -0.4 is 15.4 Å². The number of nitrogens with one attached hydrogen (secondary N) is 2. The molecule has 0 aromatic heterocycles. The maximum absolute atomic E-state index is 12.9. The van der Waals surface area contributed by atoms with Crippen molar-refractivity contribution >= 4 is 23.2 Å². The molecule has 0 spiro atoms. The standard InChI is InChI=1S/C18H12F6N2O3/c1-8-15(27)26-13-7-12(2-3-14(13)29-8)25-16(28)9-4-10(17(19,20)21)6-11(5-9)18(22,23)24/h2-8H,1H3,(H,25,28)(H,26,27). The third kappa shape index (κ3) is 4.44. The number of rotatable bonds is 2. The number of fused-ring (bicyclic) bond motifs is 1. The predicted molar refractivity (Wildman–Crippen MR) is 89.6 cm³/mol. The summed E-state index contributed by atoms with van der Waals surface area (Å²) in [5, 5.41) is 4.72. The number of ether oxygens (including phenoxy) is 1. The van der Waals surface area contributed by atoms with Crippen LogP contribution >= 0.6 is 0 Å². The summed E-state index contributed by atoms with van der Waals surface area (Å²) in [5.41, 5.74) is -3.78. The zero-order valence-electron chi connectivity index (χ0n) is 14.5. The third-order valence-corrected chi connectivity index (χ3v) is 4.02. The monoisotopic (exact) mass is 418 g/mol. The number of hydrogen-bond acceptors (Lipinski definition) is 3. The number of halogens is 6. The molecule has 154 valence electrons. The van der Waals surface area contributed by atoms with Crippen molar-refractivity contribution in [2.45, 2.75) is 25.4 Å². The van der Waals surface area contributed by atoms with Crippen LogP contribution in [-0.2, 0) is 17.1 Å². The van der Waals surface area contributed by atoms with Crippen LogP contribution in [0, 0.1) is 0 Å². The van der Waals surface area contributed by atoms with E-state index in [9.17, 15) is 35.9 Å². The molecular formula is C18H12F6N2O3. The maximum atomic E-state index is 12.9. The lowest BCUT2D eigenvalue weighted by atomic mass is 10.0. The topological polar surface area (TPSA) is 67.4 Å². The first-order chi connectivity index (χ1) is 13.3. The Balaban J connectivity index is 1.91. The van der Waals surface area contributed by atoms with Crippen molar-refractivity contribution in [3.8, 4) is 5.75 Å². The SMILES string of the molecule is CC1Oc2ccc(NC(=O)c3cc(C(F)(F)F)cc(C(F)(F)F)c3)cc2NC1=O. The van der Waals surface area contributed by atoms with Gasteiger partial charge in [-0.2, -0.15) is 26.3 Å². The number of carbonyl (C=O) groups excluding carboxylic acids is 2. The Bertz CT molecular complexity index is 952. The molecule has 1 unspecified atom stereocenters. The van der Waals surface area contributed by atoms with E-state index in [0.29, 0.717) is 17.9 Å². The van der Waals surface area contributed by atoms with E-state index in [-0.39, 0.29) is 17.4 Å². The summed E-state index contributed by atoms with van der Waals surface area (Å²) in [7, 11) is 0. The Kier molecular flexibility index (Phi) is 4.93. The van der Waals surface area contributed by atoms with Crippen LogP contribution in [0.25, 0.3) is 0 Å². The molecule has 1 aliphatic rings. The van der Waals surface area contributed by atoms with E-state index in [2.05, 4.69) is 10.6 Å². The number of alkyl halides is 6.